The van der Waals surface area contributed by atoms with Crippen molar-refractivity contribution in [3.05, 3.63) is 35.9 Å². The lowest BCUT2D eigenvalue weighted by Crippen LogP contribution is -2.32. The molecule has 0 aromatic heterocycles. The first kappa shape index (κ1) is 13.1. The van der Waals surface area contributed by atoms with E-state index in [2.05, 4.69) is 4.90 Å². The number of carboxylic acids is 1. The molecule has 1 saturated heterocycles. The van der Waals surface area contributed by atoms with Crippen LogP contribution < -0.4 is 0 Å². The lowest BCUT2D eigenvalue weighted by Gasteiger charge is -2.27. The number of carbonyl (C=O) groups is 1. The van der Waals surface area contributed by atoms with Gasteiger partial charge in [-0.2, -0.15) is 0 Å². The van der Waals surface area contributed by atoms with Crippen LogP contribution in [0.1, 0.15) is 37.2 Å². The fourth-order valence-electron chi connectivity index (χ4n) is 2.61. The molecule has 3 nitrogen and oxygen atoms in total. The van der Waals surface area contributed by atoms with Crippen LogP contribution in [0.3, 0.4) is 0 Å². The van der Waals surface area contributed by atoms with E-state index in [1.165, 1.54) is 19.3 Å². The number of rotatable bonds is 5. The molecule has 0 bridgehead atoms. The van der Waals surface area contributed by atoms with Gasteiger partial charge >= 0.3 is 5.97 Å². The fourth-order valence-corrected chi connectivity index (χ4v) is 2.61. The van der Waals surface area contributed by atoms with Gasteiger partial charge < -0.3 is 10.0 Å². The molecule has 98 valence electrons. The van der Waals surface area contributed by atoms with Crippen LogP contribution in [0.4, 0.5) is 0 Å². The monoisotopic (exact) mass is 247 g/mol. The van der Waals surface area contributed by atoms with Gasteiger partial charge in [0, 0.05) is 0 Å². The molecule has 0 aliphatic carbocycles. The molecule has 0 saturated carbocycles. The first-order valence-corrected chi connectivity index (χ1v) is 6.77. The van der Waals surface area contributed by atoms with Crippen molar-refractivity contribution >= 4 is 5.97 Å². The molecule has 1 unspecified atom stereocenters. The van der Waals surface area contributed by atoms with E-state index in [4.69, 9.17) is 0 Å². The summed E-state index contributed by atoms with van der Waals surface area (Å²) in [4.78, 5) is 13.7. The summed E-state index contributed by atoms with van der Waals surface area (Å²) in [5, 5.41) is 9.34. The summed E-state index contributed by atoms with van der Waals surface area (Å²) in [6.45, 7) is 3.15. The van der Waals surface area contributed by atoms with Crippen LogP contribution >= 0.6 is 0 Å². The van der Waals surface area contributed by atoms with E-state index in [1.54, 1.807) is 0 Å². The smallest absolute Gasteiger partial charge is 0.311 e. The first-order valence-electron chi connectivity index (χ1n) is 6.77. The van der Waals surface area contributed by atoms with Gasteiger partial charge in [-0.1, -0.05) is 36.8 Å². The maximum atomic E-state index is 11.4. The molecule has 1 fully saturated rings. The van der Waals surface area contributed by atoms with Crippen molar-refractivity contribution in [3.63, 3.8) is 0 Å². The van der Waals surface area contributed by atoms with Gasteiger partial charge in [-0.15, -0.1) is 0 Å². The molecule has 1 N–H and O–H groups in total. The molecular weight excluding hydrogens is 226 g/mol. The summed E-state index contributed by atoms with van der Waals surface area (Å²) >= 11 is 0. The van der Waals surface area contributed by atoms with E-state index in [0.717, 1.165) is 25.2 Å². The Hall–Kier alpha value is -1.35. The van der Waals surface area contributed by atoms with E-state index in [1.807, 2.05) is 30.3 Å². The Bertz CT molecular complexity index is 371. The summed E-state index contributed by atoms with van der Waals surface area (Å²) in [5.41, 5.74) is 0.919. The Morgan fingerprint density at radius 1 is 1.17 bits per heavy atom. The summed E-state index contributed by atoms with van der Waals surface area (Å²) in [6, 6.07) is 9.56. The van der Waals surface area contributed by atoms with E-state index >= 15 is 0 Å². The Labute approximate surface area is 108 Å². The van der Waals surface area contributed by atoms with Gasteiger partial charge in [0.2, 0.25) is 0 Å². The van der Waals surface area contributed by atoms with Crippen molar-refractivity contribution in [1.29, 1.82) is 0 Å². The molecule has 1 aliphatic heterocycles. The molecule has 1 atom stereocenters. The average Bonchev–Trinajstić information content (AvgIpc) is 2.41. The molecule has 3 heteroatoms. The normalized spacial score (nSPS) is 18.4. The number of nitrogens with zero attached hydrogens (tertiary/aromatic N) is 1. The lowest BCUT2D eigenvalue weighted by molar-refractivity contribution is -0.139. The highest BCUT2D eigenvalue weighted by Gasteiger charge is 2.21. The Morgan fingerprint density at radius 2 is 1.83 bits per heavy atom. The minimum Gasteiger partial charge on any atom is -0.481 e. The Balaban J connectivity index is 1.92. The standard InChI is InChI=1S/C15H21NO2/c17-15(18)14(13-7-3-1-4-8-13)9-12-16-10-5-2-6-11-16/h1,3-4,7-8,14H,2,5-6,9-12H2,(H,17,18). The summed E-state index contributed by atoms with van der Waals surface area (Å²) in [5.74, 6) is -1.08. The van der Waals surface area contributed by atoms with Crippen LogP contribution in [0.15, 0.2) is 30.3 Å². The quantitative estimate of drug-likeness (QED) is 0.869. The van der Waals surface area contributed by atoms with Gasteiger partial charge in [-0.3, -0.25) is 4.79 Å². The maximum Gasteiger partial charge on any atom is 0.311 e. The second-order valence-corrected chi connectivity index (χ2v) is 4.99. The minimum atomic E-state index is -0.710. The molecule has 1 aromatic rings. The number of hydrogen-bond donors (Lipinski definition) is 1. The van der Waals surface area contributed by atoms with Gasteiger partial charge in [0.1, 0.15) is 0 Å². The molecule has 0 radical (unpaired) electrons. The predicted octanol–water partition coefficient (Wildman–Crippen LogP) is 2.73. The van der Waals surface area contributed by atoms with Crippen LogP contribution in [0.2, 0.25) is 0 Å². The Morgan fingerprint density at radius 3 is 2.44 bits per heavy atom. The first-order chi connectivity index (χ1) is 8.77. The number of likely N-dealkylation sites (tertiary alicyclic amines) is 1. The molecule has 0 spiro atoms. The summed E-state index contributed by atoms with van der Waals surface area (Å²) in [6.07, 6.45) is 4.53. The van der Waals surface area contributed by atoms with Gasteiger partial charge in [0.05, 0.1) is 5.92 Å². The number of carboxylic acid groups (broad SMARTS) is 1. The van der Waals surface area contributed by atoms with Crippen molar-refractivity contribution < 1.29 is 9.90 Å². The molecule has 0 amide bonds. The number of benzene rings is 1. The van der Waals surface area contributed by atoms with Gasteiger partial charge in [-0.25, -0.2) is 0 Å². The highest BCUT2D eigenvalue weighted by atomic mass is 16.4. The third kappa shape index (κ3) is 3.57. The zero-order valence-electron chi connectivity index (χ0n) is 10.7. The highest BCUT2D eigenvalue weighted by Crippen LogP contribution is 2.21. The highest BCUT2D eigenvalue weighted by molar-refractivity contribution is 5.76. The van der Waals surface area contributed by atoms with Gasteiger partial charge in [0.25, 0.3) is 0 Å². The van der Waals surface area contributed by atoms with Crippen LogP contribution in [-0.4, -0.2) is 35.6 Å². The van der Waals surface area contributed by atoms with Crippen molar-refractivity contribution in [2.24, 2.45) is 0 Å². The third-order valence-electron chi connectivity index (χ3n) is 3.68. The fraction of sp³-hybridized carbons (Fsp3) is 0.533. The van der Waals surface area contributed by atoms with E-state index in [0.29, 0.717) is 6.42 Å². The summed E-state index contributed by atoms with van der Waals surface area (Å²) < 4.78 is 0. The topological polar surface area (TPSA) is 40.5 Å². The van der Waals surface area contributed by atoms with Crippen molar-refractivity contribution in [3.8, 4) is 0 Å². The molecule has 1 aromatic carbocycles. The van der Waals surface area contributed by atoms with Crippen LogP contribution in [0.25, 0.3) is 0 Å². The molecule has 2 rings (SSSR count). The second kappa shape index (κ2) is 6.55. The molecule has 1 heterocycles. The van der Waals surface area contributed by atoms with Gasteiger partial charge in [-0.05, 0) is 44.5 Å². The van der Waals surface area contributed by atoms with Crippen LogP contribution in [0, 0.1) is 0 Å². The van der Waals surface area contributed by atoms with Gasteiger partial charge in [0.15, 0.2) is 0 Å². The summed E-state index contributed by atoms with van der Waals surface area (Å²) in [7, 11) is 0. The second-order valence-electron chi connectivity index (χ2n) is 4.99. The van der Waals surface area contributed by atoms with E-state index in [-0.39, 0.29) is 5.92 Å². The largest absolute Gasteiger partial charge is 0.481 e. The molecule has 18 heavy (non-hydrogen) atoms. The zero-order valence-corrected chi connectivity index (χ0v) is 10.7. The van der Waals surface area contributed by atoms with Crippen LogP contribution in [0.5, 0.6) is 0 Å². The van der Waals surface area contributed by atoms with Crippen molar-refractivity contribution in [1.82, 2.24) is 4.90 Å². The van der Waals surface area contributed by atoms with Crippen molar-refractivity contribution in [2.45, 2.75) is 31.6 Å². The molecule has 1 aliphatic rings. The number of hydrogen-bond acceptors (Lipinski definition) is 2. The van der Waals surface area contributed by atoms with E-state index < -0.39 is 5.97 Å². The predicted molar refractivity (Wildman–Crippen MR) is 71.7 cm³/mol. The van der Waals surface area contributed by atoms with E-state index in [9.17, 15) is 9.90 Å². The SMILES string of the molecule is O=C(O)C(CCN1CCCCC1)c1ccccc1. The zero-order chi connectivity index (χ0) is 12.8. The number of aliphatic carboxylic acids is 1. The third-order valence-corrected chi connectivity index (χ3v) is 3.68. The molecular formula is C15H21NO2. The van der Waals surface area contributed by atoms with Crippen molar-refractivity contribution in [2.75, 3.05) is 19.6 Å². The van der Waals surface area contributed by atoms with Crippen LogP contribution in [-0.2, 0) is 4.79 Å². The average molecular weight is 247 g/mol. The minimum absolute atomic E-state index is 0.367. The lowest BCUT2D eigenvalue weighted by atomic mass is 9.95. The maximum absolute atomic E-state index is 11.4. The Kier molecular flexibility index (Phi) is 4.76. The number of piperidine rings is 1.